The standard InChI is InChI=1S/CH3I.CH3NO2/c1-2;2-1(3)4/h1H3;2H2,(H,3,4). The van der Waals surface area contributed by atoms with E-state index in [4.69, 9.17) is 9.90 Å². The quantitative estimate of drug-likeness (QED) is 0.449. The zero-order chi connectivity index (χ0) is 5.58. The molecule has 0 aliphatic rings. The lowest BCUT2D eigenvalue weighted by Crippen LogP contribution is -2.03. The van der Waals surface area contributed by atoms with E-state index in [9.17, 15) is 0 Å². The Bertz CT molecular complexity index is 34.5. The summed E-state index contributed by atoms with van der Waals surface area (Å²) in [4.78, 5) is 10.7. The lowest BCUT2D eigenvalue weighted by molar-refractivity contribution is 0.205. The molecule has 0 saturated carbocycles. The number of nitrogens with two attached hydrogens (primary N) is 1. The predicted octanol–water partition coefficient (Wildman–Crippen LogP) is 0.674. The highest BCUT2D eigenvalue weighted by Crippen LogP contribution is 1.48. The number of hydrogen-bond acceptors (Lipinski definition) is 1. The van der Waals surface area contributed by atoms with Gasteiger partial charge >= 0.3 is 6.09 Å². The Morgan fingerprint density at radius 2 is 1.83 bits per heavy atom. The fourth-order valence-corrected chi connectivity index (χ4v) is 0. The largest absolute Gasteiger partial charge is 0.465 e. The van der Waals surface area contributed by atoms with Gasteiger partial charge in [0.2, 0.25) is 0 Å². The van der Waals surface area contributed by atoms with Gasteiger partial charge in [-0.15, -0.1) is 0 Å². The van der Waals surface area contributed by atoms with Crippen LogP contribution in [-0.4, -0.2) is 16.1 Å². The lowest BCUT2D eigenvalue weighted by Gasteiger charge is -1.61. The summed E-state index contributed by atoms with van der Waals surface area (Å²) in [7, 11) is 0. The van der Waals surface area contributed by atoms with Crippen molar-refractivity contribution in [3.63, 3.8) is 0 Å². The van der Waals surface area contributed by atoms with Crippen LogP contribution >= 0.6 is 22.6 Å². The molecule has 0 atom stereocenters. The second-order valence-corrected chi connectivity index (χ2v) is 0.338. The number of rotatable bonds is 0. The molecule has 3 N–H and O–H groups in total. The van der Waals surface area contributed by atoms with Gasteiger partial charge in [0.05, 0.1) is 0 Å². The lowest BCUT2D eigenvalue weighted by atomic mass is 11.3. The molecule has 0 bridgehead atoms. The molecule has 0 aliphatic carbocycles. The van der Waals surface area contributed by atoms with Crippen LogP contribution in [0.3, 0.4) is 0 Å². The van der Waals surface area contributed by atoms with Gasteiger partial charge in [-0.25, -0.2) is 4.79 Å². The summed E-state index contributed by atoms with van der Waals surface area (Å²) in [5.74, 6) is 0. The number of carbonyl (C=O) groups is 1. The molecule has 38 valence electrons. The Morgan fingerprint density at radius 1 is 1.83 bits per heavy atom. The van der Waals surface area contributed by atoms with Crippen molar-refractivity contribution in [3.8, 4) is 0 Å². The molecule has 6 heavy (non-hydrogen) atoms. The molecule has 0 aromatic heterocycles. The third kappa shape index (κ3) is 0. The van der Waals surface area contributed by atoms with Gasteiger partial charge in [-0.3, -0.25) is 0 Å². The van der Waals surface area contributed by atoms with Crippen molar-refractivity contribution in [2.75, 3.05) is 4.93 Å². The summed E-state index contributed by atoms with van der Waals surface area (Å²) >= 11 is 2.15. The average molecular weight is 203 g/mol. The van der Waals surface area contributed by atoms with E-state index < -0.39 is 6.09 Å². The first kappa shape index (κ1) is 9.38. The normalized spacial score (nSPS) is 5.00. The van der Waals surface area contributed by atoms with E-state index in [0.717, 1.165) is 0 Å². The first-order chi connectivity index (χ1) is 2.73. The number of hydrogen-bond donors (Lipinski definition) is 2. The van der Waals surface area contributed by atoms with Crippen molar-refractivity contribution in [2.45, 2.75) is 0 Å². The van der Waals surface area contributed by atoms with E-state index in [1.807, 2.05) is 4.93 Å². The van der Waals surface area contributed by atoms with Crippen molar-refractivity contribution < 1.29 is 9.90 Å². The van der Waals surface area contributed by atoms with E-state index in [-0.39, 0.29) is 0 Å². The summed E-state index contributed by atoms with van der Waals surface area (Å²) in [6.07, 6.45) is -1.33. The van der Waals surface area contributed by atoms with E-state index in [2.05, 4.69) is 28.3 Å². The smallest absolute Gasteiger partial charge is 0.402 e. The Morgan fingerprint density at radius 3 is 1.83 bits per heavy atom. The molecule has 4 heteroatoms. The average Bonchev–Trinajstić information content (AvgIpc) is 1.41. The van der Waals surface area contributed by atoms with Crippen molar-refractivity contribution in [1.82, 2.24) is 0 Å². The van der Waals surface area contributed by atoms with Gasteiger partial charge in [0.15, 0.2) is 0 Å². The van der Waals surface area contributed by atoms with Crippen LogP contribution in [0.1, 0.15) is 0 Å². The van der Waals surface area contributed by atoms with E-state index in [1.54, 1.807) is 0 Å². The SMILES string of the molecule is CI.NC(=O)O. The van der Waals surface area contributed by atoms with Gasteiger partial charge in [-0.2, -0.15) is 0 Å². The van der Waals surface area contributed by atoms with Crippen LogP contribution < -0.4 is 5.73 Å². The molecule has 0 rings (SSSR count). The van der Waals surface area contributed by atoms with Gasteiger partial charge in [0.25, 0.3) is 0 Å². The Labute approximate surface area is 49.7 Å². The number of alkyl halides is 1. The molecule has 0 spiro atoms. The highest BCUT2D eigenvalue weighted by atomic mass is 127. The van der Waals surface area contributed by atoms with Crippen LogP contribution in [-0.2, 0) is 0 Å². The fourth-order valence-electron chi connectivity index (χ4n) is 0. The minimum absolute atomic E-state index is 1.33. The van der Waals surface area contributed by atoms with Gasteiger partial charge in [0.1, 0.15) is 0 Å². The Balaban J connectivity index is 0. The van der Waals surface area contributed by atoms with Crippen LogP contribution in [0.2, 0.25) is 0 Å². The Hall–Kier alpha value is 0. The topological polar surface area (TPSA) is 63.3 Å². The second-order valence-electron chi connectivity index (χ2n) is 0.338. The van der Waals surface area contributed by atoms with Crippen molar-refractivity contribution >= 4 is 28.7 Å². The summed E-state index contributed by atoms with van der Waals surface area (Å²) in [6.45, 7) is 0. The zero-order valence-corrected chi connectivity index (χ0v) is 5.47. The molecule has 0 aliphatic heterocycles. The Kier molecular flexibility index (Phi) is 13.9. The minimum atomic E-state index is -1.33. The predicted molar refractivity (Wildman–Crippen MR) is 32.2 cm³/mol. The van der Waals surface area contributed by atoms with Crippen molar-refractivity contribution in [1.29, 1.82) is 0 Å². The maximum atomic E-state index is 8.78. The third-order valence-corrected chi connectivity index (χ3v) is 0. The molecule has 0 aromatic rings. The molecule has 1 amide bonds. The number of primary amides is 1. The summed E-state index contributed by atoms with van der Waals surface area (Å²) in [5.41, 5.74) is 4.03. The third-order valence-electron chi connectivity index (χ3n) is 0. The molecule has 0 radical (unpaired) electrons. The van der Waals surface area contributed by atoms with E-state index in [1.165, 1.54) is 0 Å². The first-order valence-corrected chi connectivity index (χ1v) is 3.25. The number of halogens is 1. The van der Waals surface area contributed by atoms with Gasteiger partial charge in [0, 0.05) is 0 Å². The van der Waals surface area contributed by atoms with Crippen molar-refractivity contribution in [3.05, 3.63) is 0 Å². The molecule has 3 nitrogen and oxygen atoms in total. The number of amides is 1. The summed E-state index contributed by atoms with van der Waals surface area (Å²) < 4.78 is 0. The van der Waals surface area contributed by atoms with Gasteiger partial charge in [-0.05, 0) is 4.93 Å². The van der Waals surface area contributed by atoms with Crippen molar-refractivity contribution in [2.24, 2.45) is 5.73 Å². The molecule has 0 fully saturated rings. The molecule has 0 aromatic carbocycles. The maximum absolute atomic E-state index is 8.78. The highest BCUT2D eigenvalue weighted by Gasteiger charge is 1.65. The molecular weight excluding hydrogens is 197 g/mol. The molecular formula is C2H6INO2. The molecule has 0 saturated heterocycles. The van der Waals surface area contributed by atoms with Crippen LogP contribution in [0.5, 0.6) is 0 Å². The zero-order valence-electron chi connectivity index (χ0n) is 3.31. The van der Waals surface area contributed by atoms with Crippen LogP contribution in [0.25, 0.3) is 0 Å². The minimum Gasteiger partial charge on any atom is -0.465 e. The highest BCUT2D eigenvalue weighted by molar-refractivity contribution is 14.1. The van der Waals surface area contributed by atoms with Gasteiger partial charge < -0.3 is 10.8 Å². The summed E-state index contributed by atoms with van der Waals surface area (Å²) in [6, 6.07) is 0. The van der Waals surface area contributed by atoms with Crippen LogP contribution in [0.4, 0.5) is 4.79 Å². The second kappa shape index (κ2) is 8.89. The first-order valence-electron chi connectivity index (χ1n) is 1.09. The van der Waals surface area contributed by atoms with E-state index >= 15 is 0 Å². The molecule has 0 unspecified atom stereocenters. The summed E-state index contributed by atoms with van der Waals surface area (Å²) in [5, 5.41) is 7.19. The molecule has 0 heterocycles. The monoisotopic (exact) mass is 203 g/mol. The van der Waals surface area contributed by atoms with Crippen LogP contribution in [0.15, 0.2) is 0 Å². The maximum Gasteiger partial charge on any atom is 0.402 e. The van der Waals surface area contributed by atoms with Gasteiger partial charge in [-0.1, -0.05) is 22.6 Å². The fraction of sp³-hybridized carbons (Fsp3) is 0.500. The van der Waals surface area contributed by atoms with Crippen LogP contribution in [0, 0.1) is 0 Å². The van der Waals surface area contributed by atoms with E-state index in [0.29, 0.717) is 0 Å². The number of carboxylic acid groups (broad SMARTS) is 1.